The van der Waals surface area contributed by atoms with Crippen LogP contribution in [0.3, 0.4) is 0 Å². The molecule has 224 valence electrons. The van der Waals surface area contributed by atoms with Crippen LogP contribution >= 0.6 is 0 Å². The van der Waals surface area contributed by atoms with Gasteiger partial charge in [0.25, 0.3) is 0 Å². The van der Waals surface area contributed by atoms with E-state index in [1.807, 2.05) is 0 Å². The van der Waals surface area contributed by atoms with Crippen molar-refractivity contribution in [3.8, 4) is 28.7 Å². The molecule has 7 N–H and O–H groups in total. The van der Waals surface area contributed by atoms with Gasteiger partial charge in [-0.25, -0.2) is 0 Å². The molecule has 1 fully saturated rings. The first-order valence-electron chi connectivity index (χ1n) is 12.7. The lowest BCUT2D eigenvalue weighted by Crippen LogP contribution is -2.60. The largest absolute Gasteiger partial charge is 0.493 e. The van der Waals surface area contributed by atoms with E-state index in [2.05, 4.69) is 0 Å². The van der Waals surface area contributed by atoms with Crippen LogP contribution < -0.4 is 23.7 Å². The topological polar surface area (TPSA) is 197 Å². The third-order valence-electron chi connectivity index (χ3n) is 6.57. The predicted molar refractivity (Wildman–Crippen MR) is 139 cm³/mol. The van der Waals surface area contributed by atoms with Gasteiger partial charge in [-0.3, -0.25) is 0 Å². The van der Waals surface area contributed by atoms with Gasteiger partial charge in [0.15, 0.2) is 29.1 Å². The lowest BCUT2D eigenvalue weighted by molar-refractivity contribution is -0.277. The first kappa shape index (κ1) is 31.6. The minimum Gasteiger partial charge on any atom is -0.493 e. The summed E-state index contributed by atoms with van der Waals surface area (Å²) in [6.07, 6.45) is -8.77. The Labute approximate surface area is 231 Å². The first-order valence-corrected chi connectivity index (χ1v) is 12.7. The van der Waals surface area contributed by atoms with Crippen LogP contribution in [0.25, 0.3) is 0 Å². The van der Waals surface area contributed by atoms with Gasteiger partial charge in [-0.05, 0) is 48.2 Å². The fourth-order valence-electron chi connectivity index (χ4n) is 4.30. The Morgan fingerprint density at radius 1 is 0.825 bits per heavy atom. The van der Waals surface area contributed by atoms with Crippen LogP contribution in [0, 0.1) is 0 Å². The monoisotopic (exact) mass is 570 g/mol. The number of aliphatic hydroxyl groups is 7. The SMILES string of the molecule is COc1cc([C@H](O)[C@@H](CO)Oc2c(OC)cc(CCCO)cc2OC)ccc1O[C@@H]1O[C@H](CO)[C@@H](O)[C@H](O)[C@H]1O. The van der Waals surface area contributed by atoms with Crippen LogP contribution in [0.4, 0.5) is 0 Å². The molecular weight excluding hydrogens is 532 g/mol. The molecule has 0 spiro atoms. The number of hydrogen-bond acceptors (Lipinski definition) is 13. The molecule has 2 aromatic rings. The molecule has 7 atom stereocenters. The highest BCUT2D eigenvalue weighted by molar-refractivity contribution is 5.54. The van der Waals surface area contributed by atoms with E-state index in [9.17, 15) is 30.6 Å². The Kier molecular flexibility index (Phi) is 11.6. The average molecular weight is 571 g/mol. The Morgan fingerprint density at radius 2 is 1.48 bits per heavy atom. The molecule has 1 saturated heterocycles. The standard InChI is InChI=1S/C27H38O13/c1-35-17-11-15(6-7-16(17)39-27-25(34)24(33)23(32)21(13-30)40-27)22(31)20(12-29)38-26-18(36-2)9-14(5-4-8-28)10-19(26)37-3/h6-7,9-11,20-25,27-34H,4-5,8,12-13H2,1-3H3/t20-,21-,22+,23-,24+,25-,27-/m1/s1. The van der Waals surface area contributed by atoms with Crippen molar-refractivity contribution < 1.29 is 64.2 Å². The van der Waals surface area contributed by atoms with Gasteiger partial charge in [0.1, 0.15) is 30.5 Å². The van der Waals surface area contributed by atoms with Crippen molar-refractivity contribution in [2.24, 2.45) is 0 Å². The number of aliphatic hydroxyl groups excluding tert-OH is 7. The molecule has 0 amide bonds. The number of benzene rings is 2. The molecule has 1 aliphatic heterocycles. The van der Waals surface area contributed by atoms with Crippen LogP contribution in [-0.4, -0.2) is 114 Å². The highest BCUT2D eigenvalue weighted by Crippen LogP contribution is 2.41. The van der Waals surface area contributed by atoms with Gasteiger partial charge in [0.2, 0.25) is 12.0 Å². The molecule has 0 saturated carbocycles. The summed E-state index contributed by atoms with van der Waals surface area (Å²) in [5, 5.41) is 70.0. The molecule has 0 aromatic heterocycles. The molecule has 3 rings (SSSR count). The van der Waals surface area contributed by atoms with E-state index in [0.29, 0.717) is 24.3 Å². The Bertz CT molecular complexity index is 1050. The molecule has 0 aliphatic carbocycles. The van der Waals surface area contributed by atoms with Gasteiger partial charge in [0, 0.05) is 6.61 Å². The smallest absolute Gasteiger partial charge is 0.229 e. The van der Waals surface area contributed by atoms with Crippen molar-refractivity contribution >= 4 is 0 Å². The van der Waals surface area contributed by atoms with E-state index in [0.717, 1.165) is 5.56 Å². The molecule has 0 bridgehead atoms. The molecule has 13 heteroatoms. The van der Waals surface area contributed by atoms with Crippen molar-refractivity contribution in [1.29, 1.82) is 0 Å². The van der Waals surface area contributed by atoms with Crippen LogP contribution in [0.1, 0.15) is 23.7 Å². The zero-order valence-electron chi connectivity index (χ0n) is 22.5. The molecule has 1 heterocycles. The lowest BCUT2D eigenvalue weighted by atomic mass is 9.99. The first-order chi connectivity index (χ1) is 19.2. The summed E-state index contributed by atoms with van der Waals surface area (Å²) in [6.45, 7) is -1.17. The summed E-state index contributed by atoms with van der Waals surface area (Å²) >= 11 is 0. The molecule has 0 radical (unpaired) electrons. The maximum atomic E-state index is 11.1. The number of aryl methyl sites for hydroxylation is 1. The molecule has 2 aromatic carbocycles. The maximum Gasteiger partial charge on any atom is 0.229 e. The second kappa shape index (κ2) is 14.7. The lowest BCUT2D eigenvalue weighted by Gasteiger charge is -2.39. The summed E-state index contributed by atoms with van der Waals surface area (Å²) in [7, 11) is 4.24. The van der Waals surface area contributed by atoms with Gasteiger partial charge in [-0.15, -0.1) is 0 Å². The summed E-state index contributed by atoms with van der Waals surface area (Å²) in [5.41, 5.74) is 1.13. The second-order valence-corrected chi connectivity index (χ2v) is 9.17. The highest BCUT2D eigenvalue weighted by atomic mass is 16.7. The summed E-state index contributed by atoms with van der Waals surface area (Å²) < 4.78 is 33.3. The fourth-order valence-corrected chi connectivity index (χ4v) is 4.30. The van der Waals surface area contributed by atoms with Gasteiger partial charge in [-0.1, -0.05) is 6.07 Å². The van der Waals surface area contributed by atoms with Crippen molar-refractivity contribution in [2.75, 3.05) is 41.2 Å². The van der Waals surface area contributed by atoms with Crippen molar-refractivity contribution in [3.05, 3.63) is 41.5 Å². The number of methoxy groups -OCH3 is 3. The second-order valence-electron chi connectivity index (χ2n) is 9.17. The van der Waals surface area contributed by atoms with E-state index in [1.165, 1.54) is 39.5 Å². The summed E-state index contributed by atoms with van der Waals surface area (Å²) in [4.78, 5) is 0. The molecule has 1 aliphatic rings. The number of rotatable bonds is 14. The van der Waals surface area contributed by atoms with Crippen LogP contribution in [-0.2, 0) is 11.2 Å². The van der Waals surface area contributed by atoms with Crippen molar-refractivity contribution in [1.82, 2.24) is 0 Å². The minimum absolute atomic E-state index is 0.0253. The van der Waals surface area contributed by atoms with Crippen LogP contribution in [0.5, 0.6) is 28.7 Å². The predicted octanol–water partition coefficient (Wildman–Crippen LogP) is -0.711. The Balaban J connectivity index is 1.83. The van der Waals surface area contributed by atoms with Crippen LogP contribution in [0.15, 0.2) is 30.3 Å². The Hall–Kier alpha value is -2.88. The third-order valence-corrected chi connectivity index (χ3v) is 6.57. The molecule has 13 nitrogen and oxygen atoms in total. The highest BCUT2D eigenvalue weighted by Gasteiger charge is 2.45. The minimum atomic E-state index is -1.63. The van der Waals surface area contributed by atoms with E-state index >= 15 is 0 Å². The summed E-state index contributed by atoms with van der Waals surface area (Å²) in [6, 6.07) is 7.78. The van der Waals surface area contributed by atoms with Crippen LogP contribution in [0.2, 0.25) is 0 Å². The number of ether oxygens (including phenoxy) is 6. The van der Waals surface area contributed by atoms with Gasteiger partial charge in [-0.2, -0.15) is 0 Å². The maximum absolute atomic E-state index is 11.1. The average Bonchev–Trinajstić information content (AvgIpc) is 2.98. The Morgan fingerprint density at radius 3 is 2.02 bits per heavy atom. The van der Waals surface area contributed by atoms with E-state index < -0.39 is 56.1 Å². The normalized spacial score (nSPS) is 24.2. The van der Waals surface area contributed by atoms with E-state index in [1.54, 1.807) is 12.1 Å². The van der Waals surface area contributed by atoms with Gasteiger partial charge >= 0.3 is 0 Å². The quantitative estimate of drug-likeness (QED) is 0.151. The molecular formula is C27H38O13. The van der Waals surface area contributed by atoms with E-state index in [4.69, 9.17) is 33.5 Å². The zero-order valence-corrected chi connectivity index (χ0v) is 22.5. The summed E-state index contributed by atoms with van der Waals surface area (Å²) in [5.74, 6) is 1.00. The van der Waals surface area contributed by atoms with E-state index in [-0.39, 0.29) is 29.4 Å². The van der Waals surface area contributed by atoms with Gasteiger partial charge < -0.3 is 64.2 Å². The third kappa shape index (κ3) is 7.06. The zero-order chi connectivity index (χ0) is 29.4. The molecule has 40 heavy (non-hydrogen) atoms. The van der Waals surface area contributed by atoms with Crippen molar-refractivity contribution in [2.45, 2.75) is 55.8 Å². The fraction of sp³-hybridized carbons (Fsp3) is 0.556. The number of hydrogen-bond donors (Lipinski definition) is 7. The molecule has 0 unspecified atom stereocenters. The van der Waals surface area contributed by atoms with Crippen molar-refractivity contribution in [3.63, 3.8) is 0 Å². The van der Waals surface area contributed by atoms with Gasteiger partial charge in [0.05, 0.1) is 34.5 Å².